The SMILES string of the molecule is O=Cc1cnn(CCc2ccc3c(c2)CCO3)c1. The molecule has 0 saturated carbocycles. The van der Waals surface area contributed by atoms with Crippen molar-refractivity contribution in [2.75, 3.05) is 6.61 Å². The molecule has 1 aromatic heterocycles. The highest BCUT2D eigenvalue weighted by Gasteiger charge is 2.11. The van der Waals surface area contributed by atoms with Crippen molar-refractivity contribution in [1.82, 2.24) is 9.78 Å². The number of hydrogen-bond acceptors (Lipinski definition) is 3. The normalized spacial score (nSPS) is 13.1. The molecule has 0 spiro atoms. The van der Waals surface area contributed by atoms with E-state index in [1.807, 2.05) is 6.07 Å². The first-order valence-electron chi connectivity index (χ1n) is 6.07. The number of benzene rings is 1. The topological polar surface area (TPSA) is 44.1 Å². The average molecular weight is 242 g/mol. The third-order valence-electron chi connectivity index (χ3n) is 3.17. The minimum absolute atomic E-state index is 0.623. The molecule has 92 valence electrons. The predicted molar refractivity (Wildman–Crippen MR) is 67.0 cm³/mol. The molecule has 1 aliphatic rings. The number of carbonyl (C=O) groups is 1. The van der Waals surface area contributed by atoms with E-state index in [4.69, 9.17) is 4.74 Å². The summed E-state index contributed by atoms with van der Waals surface area (Å²) in [5.74, 6) is 1.01. The van der Waals surface area contributed by atoms with Gasteiger partial charge in [-0.25, -0.2) is 0 Å². The van der Waals surface area contributed by atoms with Crippen LogP contribution in [0.2, 0.25) is 0 Å². The molecule has 0 N–H and O–H groups in total. The van der Waals surface area contributed by atoms with E-state index in [1.54, 1.807) is 17.1 Å². The Hall–Kier alpha value is -2.10. The fourth-order valence-corrected chi connectivity index (χ4v) is 2.20. The van der Waals surface area contributed by atoms with E-state index in [1.165, 1.54) is 11.1 Å². The third-order valence-corrected chi connectivity index (χ3v) is 3.17. The number of aldehydes is 1. The number of aryl methyl sites for hydroxylation is 2. The number of nitrogens with zero attached hydrogens (tertiary/aromatic N) is 2. The molecule has 3 rings (SSSR count). The highest BCUT2D eigenvalue weighted by atomic mass is 16.5. The minimum atomic E-state index is 0.623. The Bertz CT molecular complexity index is 575. The Morgan fingerprint density at radius 2 is 2.39 bits per heavy atom. The van der Waals surface area contributed by atoms with Gasteiger partial charge in [0.05, 0.1) is 18.4 Å². The Balaban J connectivity index is 1.68. The van der Waals surface area contributed by atoms with Crippen LogP contribution < -0.4 is 4.74 Å². The van der Waals surface area contributed by atoms with Gasteiger partial charge >= 0.3 is 0 Å². The van der Waals surface area contributed by atoms with E-state index in [-0.39, 0.29) is 0 Å². The summed E-state index contributed by atoms with van der Waals surface area (Å²) in [4.78, 5) is 10.6. The van der Waals surface area contributed by atoms with Crippen molar-refractivity contribution >= 4 is 6.29 Å². The molecule has 0 saturated heterocycles. The largest absolute Gasteiger partial charge is 0.493 e. The van der Waals surface area contributed by atoms with Crippen LogP contribution >= 0.6 is 0 Å². The lowest BCUT2D eigenvalue weighted by molar-refractivity contribution is 0.112. The second-order valence-electron chi connectivity index (χ2n) is 4.45. The lowest BCUT2D eigenvalue weighted by atomic mass is 10.1. The molecule has 0 fully saturated rings. The summed E-state index contributed by atoms with van der Waals surface area (Å²) in [5.41, 5.74) is 3.20. The molecule has 2 heterocycles. The molecule has 2 aromatic rings. The number of ether oxygens (including phenoxy) is 1. The lowest BCUT2D eigenvalue weighted by Gasteiger charge is -2.04. The molecule has 1 aromatic carbocycles. The quantitative estimate of drug-likeness (QED) is 0.769. The van der Waals surface area contributed by atoms with Gasteiger partial charge in [-0.15, -0.1) is 0 Å². The first-order chi connectivity index (χ1) is 8.85. The summed E-state index contributed by atoms with van der Waals surface area (Å²) < 4.78 is 7.28. The van der Waals surface area contributed by atoms with Gasteiger partial charge in [-0.05, 0) is 23.6 Å². The zero-order valence-electron chi connectivity index (χ0n) is 10.0. The van der Waals surface area contributed by atoms with Gasteiger partial charge in [0.25, 0.3) is 0 Å². The summed E-state index contributed by atoms with van der Waals surface area (Å²) in [6.45, 7) is 1.58. The fraction of sp³-hybridized carbons (Fsp3) is 0.286. The highest BCUT2D eigenvalue weighted by Crippen LogP contribution is 2.26. The Morgan fingerprint density at radius 3 is 3.22 bits per heavy atom. The van der Waals surface area contributed by atoms with Crippen LogP contribution in [-0.2, 0) is 19.4 Å². The summed E-state index contributed by atoms with van der Waals surface area (Å²) in [7, 11) is 0. The molecular weight excluding hydrogens is 228 g/mol. The van der Waals surface area contributed by atoms with Gasteiger partial charge in [0.1, 0.15) is 5.75 Å². The maximum Gasteiger partial charge on any atom is 0.153 e. The van der Waals surface area contributed by atoms with Crippen LogP contribution in [0.3, 0.4) is 0 Å². The first kappa shape index (κ1) is 11.0. The van der Waals surface area contributed by atoms with Crippen molar-refractivity contribution in [3.05, 3.63) is 47.3 Å². The minimum Gasteiger partial charge on any atom is -0.493 e. The second kappa shape index (κ2) is 4.64. The van der Waals surface area contributed by atoms with Crippen molar-refractivity contribution < 1.29 is 9.53 Å². The fourth-order valence-electron chi connectivity index (χ4n) is 2.20. The van der Waals surface area contributed by atoms with Crippen LogP contribution in [0.15, 0.2) is 30.6 Å². The molecule has 0 radical (unpaired) electrons. The molecule has 0 amide bonds. The standard InChI is InChI=1S/C14H14N2O2/c17-10-12-8-15-16(9-12)5-3-11-1-2-14-13(7-11)4-6-18-14/h1-2,7-10H,3-6H2. The molecular formula is C14H14N2O2. The summed E-state index contributed by atoms with van der Waals surface area (Å²) >= 11 is 0. The van der Waals surface area contributed by atoms with Crippen LogP contribution in [0.4, 0.5) is 0 Å². The predicted octanol–water partition coefficient (Wildman–Crippen LogP) is 1.87. The second-order valence-corrected chi connectivity index (χ2v) is 4.45. The summed E-state index contributed by atoms with van der Waals surface area (Å²) in [6.07, 6.45) is 6.08. The van der Waals surface area contributed by atoms with E-state index in [2.05, 4.69) is 17.2 Å². The molecule has 0 aliphatic carbocycles. The number of hydrogen-bond donors (Lipinski definition) is 0. The van der Waals surface area contributed by atoms with Gasteiger partial charge in [0.15, 0.2) is 6.29 Å². The molecule has 1 aliphatic heterocycles. The maximum atomic E-state index is 10.6. The van der Waals surface area contributed by atoms with Crippen LogP contribution in [0.25, 0.3) is 0 Å². The highest BCUT2D eigenvalue weighted by molar-refractivity contribution is 5.73. The zero-order valence-corrected chi connectivity index (χ0v) is 10.0. The Kier molecular flexibility index (Phi) is 2.84. The average Bonchev–Trinajstić information content (AvgIpc) is 3.04. The van der Waals surface area contributed by atoms with Gasteiger partial charge in [-0.3, -0.25) is 9.48 Å². The number of carbonyl (C=O) groups excluding carboxylic acids is 1. The Morgan fingerprint density at radius 1 is 1.44 bits per heavy atom. The van der Waals surface area contributed by atoms with Gasteiger partial charge in [-0.1, -0.05) is 12.1 Å². The van der Waals surface area contributed by atoms with Gasteiger partial charge in [0, 0.05) is 19.2 Å². The van der Waals surface area contributed by atoms with Gasteiger partial charge in [-0.2, -0.15) is 5.10 Å². The number of fused-ring (bicyclic) bond motifs is 1. The van der Waals surface area contributed by atoms with Crippen molar-refractivity contribution in [3.63, 3.8) is 0 Å². The molecule has 0 atom stereocenters. The monoisotopic (exact) mass is 242 g/mol. The van der Waals surface area contributed by atoms with Gasteiger partial charge < -0.3 is 4.74 Å². The molecule has 4 nitrogen and oxygen atoms in total. The molecule has 18 heavy (non-hydrogen) atoms. The van der Waals surface area contributed by atoms with Crippen LogP contribution in [0, 0.1) is 0 Å². The van der Waals surface area contributed by atoms with Crippen molar-refractivity contribution in [3.8, 4) is 5.75 Å². The number of aromatic nitrogens is 2. The smallest absolute Gasteiger partial charge is 0.153 e. The van der Waals surface area contributed by atoms with Crippen LogP contribution in [0.5, 0.6) is 5.75 Å². The van der Waals surface area contributed by atoms with Crippen molar-refractivity contribution in [1.29, 1.82) is 0 Å². The van der Waals surface area contributed by atoms with E-state index < -0.39 is 0 Å². The van der Waals surface area contributed by atoms with Crippen molar-refractivity contribution in [2.45, 2.75) is 19.4 Å². The molecule has 0 bridgehead atoms. The maximum absolute atomic E-state index is 10.6. The van der Waals surface area contributed by atoms with Crippen molar-refractivity contribution in [2.24, 2.45) is 0 Å². The van der Waals surface area contributed by atoms with E-state index in [0.29, 0.717) is 5.56 Å². The Labute approximate surface area is 105 Å². The van der Waals surface area contributed by atoms with E-state index in [0.717, 1.165) is 38.0 Å². The van der Waals surface area contributed by atoms with Gasteiger partial charge in [0.2, 0.25) is 0 Å². The summed E-state index contributed by atoms with van der Waals surface area (Å²) in [6, 6.07) is 6.33. The lowest BCUT2D eigenvalue weighted by Crippen LogP contribution is -2.01. The van der Waals surface area contributed by atoms with E-state index >= 15 is 0 Å². The number of rotatable bonds is 4. The van der Waals surface area contributed by atoms with Crippen LogP contribution in [0.1, 0.15) is 21.5 Å². The third kappa shape index (κ3) is 2.14. The first-order valence-corrected chi connectivity index (χ1v) is 6.07. The van der Waals surface area contributed by atoms with E-state index in [9.17, 15) is 4.79 Å². The molecule has 0 unspecified atom stereocenters. The zero-order chi connectivity index (χ0) is 12.4. The molecule has 4 heteroatoms. The summed E-state index contributed by atoms with van der Waals surface area (Å²) in [5, 5.41) is 4.14. The van der Waals surface area contributed by atoms with Crippen LogP contribution in [-0.4, -0.2) is 22.7 Å².